The summed E-state index contributed by atoms with van der Waals surface area (Å²) in [5.41, 5.74) is 1.25. The molecule has 1 aliphatic heterocycles. The SMILES string of the molecule is COc1cccc(CN2CCN(C(=O)Cc3cccs3)CC2)c1. The van der Waals surface area contributed by atoms with Gasteiger partial charge in [-0.2, -0.15) is 0 Å². The largest absolute Gasteiger partial charge is 0.497 e. The number of hydrogen-bond acceptors (Lipinski definition) is 4. The Labute approximate surface area is 141 Å². The minimum atomic E-state index is 0.244. The summed E-state index contributed by atoms with van der Waals surface area (Å²) < 4.78 is 5.27. The molecule has 0 bridgehead atoms. The normalized spacial score (nSPS) is 15.6. The van der Waals surface area contributed by atoms with Crippen molar-refractivity contribution in [3.05, 3.63) is 52.2 Å². The summed E-state index contributed by atoms with van der Waals surface area (Å²) in [7, 11) is 1.69. The van der Waals surface area contributed by atoms with Crippen molar-refractivity contribution in [3.63, 3.8) is 0 Å². The fourth-order valence-electron chi connectivity index (χ4n) is 2.86. The van der Waals surface area contributed by atoms with E-state index in [1.165, 1.54) is 5.56 Å². The fourth-order valence-corrected chi connectivity index (χ4v) is 3.55. The van der Waals surface area contributed by atoms with Crippen molar-refractivity contribution in [1.29, 1.82) is 0 Å². The van der Waals surface area contributed by atoms with Crippen molar-refractivity contribution in [2.45, 2.75) is 13.0 Å². The van der Waals surface area contributed by atoms with Gasteiger partial charge in [0.25, 0.3) is 0 Å². The number of amides is 1. The Morgan fingerprint density at radius 2 is 2.00 bits per heavy atom. The van der Waals surface area contributed by atoms with Crippen molar-refractivity contribution in [2.75, 3.05) is 33.3 Å². The maximum absolute atomic E-state index is 12.3. The molecule has 0 atom stereocenters. The van der Waals surface area contributed by atoms with Crippen molar-refractivity contribution in [2.24, 2.45) is 0 Å². The van der Waals surface area contributed by atoms with Crippen molar-refractivity contribution < 1.29 is 9.53 Å². The molecule has 1 aromatic heterocycles. The summed E-state index contributed by atoms with van der Waals surface area (Å²) in [5, 5.41) is 2.02. The highest BCUT2D eigenvalue weighted by molar-refractivity contribution is 7.10. The number of carbonyl (C=O) groups is 1. The van der Waals surface area contributed by atoms with Crippen molar-refractivity contribution >= 4 is 17.2 Å². The zero-order chi connectivity index (χ0) is 16.1. The molecule has 5 heteroatoms. The summed E-state index contributed by atoms with van der Waals surface area (Å²) in [6.45, 7) is 4.38. The van der Waals surface area contributed by atoms with Crippen LogP contribution in [0, 0.1) is 0 Å². The molecular formula is C18H22N2O2S. The summed E-state index contributed by atoms with van der Waals surface area (Å²) in [4.78, 5) is 17.8. The first-order valence-corrected chi connectivity index (χ1v) is 8.78. The highest BCUT2D eigenvalue weighted by Crippen LogP contribution is 2.16. The maximum Gasteiger partial charge on any atom is 0.227 e. The quantitative estimate of drug-likeness (QED) is 0.845. The number of ether oxygens (including phenoxy) is 1. The summed E-state index contributed by atoms with van der Waals surface area (Å²) in [6, 6.07) is 12.2. The van der Waals surface area contributed by atoms with E-state index in [9.17, 15) is 4.79 Å². The van der Waals surface area contributed by atoms with E-state index in [0.29, 0.717) is 6.42 Å². The van der Waals surface area contributed by atoms with E-state index in [0.717, 1.165) is 43.4 Å². The zero-order valence-corrected chi connectivity index (χ0v) is 14.2. The van der Waals surface area contributed by atoms with E-state index in [1.807, 2.05) is 34.5 Å². The predicted octanol–water partition coefficient (Wildman–Crippen LogP) is 2.64. The number of carbonyl (C=O) groups excluding carboxylic acids is 1. The van der Waals surface area contributed by atoms with Crippen molar-refractivity contribution in [1.82, 2.24) is 9.80 Å². The molecule has 0 saturated carbocycles. The molecule has 4 nitrogen and oxygen atoms in total. The van der Waals surface area contributed by atoms with Gasteiger partial charge in [-0.3, -0.25) is 9.69 Å². The molecule has 23 heavy (non-hydrogen) atoms. The lowest BCUT2D eigenvalue weighted by atomic mass is 10.2. The third-order valence-corrected chi connectivity index (χ3v) is 5.05. The van der Waals surface area contributed by atoms with Crippen LogP contribution in [0.3, 0.4) is 0 Å². The van der Waals surface area contributed by atoms with Crippen LogP contribution in [0.15, 0.2) is 41.8 Å². The first kappa shape index (κ1) is 16.0. The van der Waals surface area contributed by atoms with E-state index in [-0.39, 0.29) is 5.91 Å². The van der Waals surface area contributed by atoms with Crippen LogP contribution in [0.4, 0.5) is 0 Å². The lowest BCUT2D eigenvalue weighted by Gasteiger charge is -2.34. The lowest BCUT2D eigenvalue weighted by molar-refractivity contribution is -0.132. The van der Waals surface area contributed by atoms with Gasteiger partial charge in [-0.1, -0.05) is 18.2 Å². The number of benzene rings is 1. The summed E-state index contributed by atoms with van der Waals surface area (Å²) >= 11 is 1.65. The predicted molar refractivity (Wildman–Crippen MR) is 92.9 cm³/mol. The molecule has 0 radical (unpaired) electrons. The number of piperazine rings is 1. The molecule has 3 rings (SSSR count). The zero-order valence-electron chi connectivity index (χ0n) is 13.4. The number of nitrogens with zero attached hydrogens (tertiary/aromatic N) is 2. The Kier molecular flexibility index (Phi) is 5.31. The van der Waals surface area contributed by atoms with Crippen LogP contribution in [0.25, 0.3) is 0 Å². The number of rotatable bonds is 5. The molecular weight excluding hydrogens is 308 g/mol. The van der Waals surface area contributed by atoms with Gasteiger partial charge >= 0.3 is 0 Å². The minimum Gasteiger partial charge on any atom is -0.497 e. The molecule has 0 unspecified atom stereocenters. The summed E-state index contributed by atoms with van der Waals surface area (Å²) in [6.07, 6.45) is 0.535. The third kappa shape index (κ3) is 4.33. The number of methoxy groups -OCH3 is 1. The first-order chi connectivity index (χ1) is 11.2. The van der Waals surface area contributed by atoms with Crippen LogP contribution < -0.4 is 4.74 Å². The van der Waals surface area contributed by atoms with Gasteiger partial charge in [0.15, 0.2) is 0 Å². The Morgan fingerprint density at radius 1 is 1.17 bits per heavy atom. The molecule has 0 spiro atoms. The topological polar surface area (TPSA) is 32.8 Å². The molecule has 1 amide bonds. The Hall–Kier alpha value is -1.85. The second-order valence-corrected chi connectivity index (χ2v) is 6.80. The Bertz CT molecular complexity index is 634. The van der Waals surface area contributed by atoms with E-state index in [1.54, 1.807) is 18.4 Å². The molecule has 122 valence electrons. The highest BCUT2D eigenvalue weighted by atomic mass is 32.1. The summed E-state index contributed by atoms with van der Waals surface area (Å²) in [5.74, 6) is 1.14. The lowest BCUT2D eigenvalue weighted by Crippen LogP contribution is -2.48. The highest BCUT2D eigenvalue weighted by Gasteiger charge is 2.21. The molecule has 0 N–H and O–H groups in total. The Morgan fingerprint density at radius 3 is 2.70 bits per heavy atom. The minimum absolute atomic E-state index is 0.244. The maximum atomic E-state index is 12.3. The van der Waals surface area contributed by atoms with E-state index in [4.69, 9.17) is 4.74 Å². The molecule has 0 aliphatic carbocycles. The second kappa shape index (κ2) is 7.62. The second-order valence-electron chi connectivity index (χ2n) is 5.76. The number of hydrogen-bond donors (Lipinski definition) is 0. The van der Waals surface area contributed by atoms with Crippen LogP contribution in [-0.4, -0.2) is 49.0 Å². The van der Waals surface area contributed by atoms with Gasteiger partial charge in [-0.15, -0.1) is 11.3 Å². The first-order valence-electron chi connectivity index (χ1n) is 7.90. The van der Waals surface area contributed by atoms with Gasteiger partial charge in [0.2, 0.25) is 5.91 Å². The van der Waals surface area contributed by atoms with Crippen LogP contribution in [0.5, 0.6) is 5.75 Å². The monoisotopic (exact) mass is 330 g/mol. The van der Waals surface area contributed by atoms with Crippen molar-refractivity contribution in [3.8, 4) is 5.75 Å². The average molecular weight is 330 g/mol. The van der Waals surface area contributed by atoms with Crippen LogP contribution >= 0.6 is 11.3 Å². The molecule has 1 aromatic carbocycles. The fraction of sp³-hybridized carbons (Fsp3) is 0.389. The average Bonchev–Trinajstić information content (AvgIpc) is 3.08. The van der Waals surface area contributed by atoms with Crippen LogP contribution in [0.2, 0.25) is 0 Å². The van der Waals surface area contributed by atoms with Gasteiger partial charge in [0.05, 0.1) is 13.5 Å². The van der Waals surface area contributed by atoms with Gasteiger partial charge < -0.3 is 9.64 Å². The smallest absolute Gasteiger partial charge is 0.227 e. The van der Waals surface area contributed by atoms with E-state index >= 15 is 0 Å². The molecule has 1 saturated heterocycles. The molecule has 2 aromatic rings. The van der Waals surface area contributed by atoms with Crippen LogP contribution in [-0.2, 0) is 17.8 Å². The van der Waals surface area contributed by atoms with Gasteiger partial charge in [0.1, 0.15) is 5.75 Å². The third-order valence-electron chi connectivity index (χ3n) is 4.17. The van der Waals surface area contributed by atoms with E-state index in [2.05, 4.69) is 17.0 Å². The van der Waals surface area contributed by atoms with Gasteiger partial charge in [-0.05, 0) is 29.1 Å². The molecule has 2 heterocycles. The van der Waals surface area contributed by atoms with Gasteiger partial charge in [-0.25, -0.2) is 0 Å². The Balaban J connectivity index is 1.49. The number of thiophene rings is 1. The van der Waals surface area contributed by atoms with Crippen LogP contribution in [0.1, 0.15) is 10.4 Å². The standard InChI is InChI=1S/C18H22N2O2S/c1-22-16-5-2-4-15(12-16)14-19-7-9-20(10-8-19)18(21)13-17-6-3-11-23-17/h2-6,11-12H,7-10,13-14H2,1H3. The van der Waals surface area contributed by atoms with E-state index < -0.39 is 0 Å². The molecule has 1 fully saturated rings. The molecule has 1 aliphatic rings. The van der Waals surface area contributed by atoms with Gasteiger partial charge in [0, 0.05) is 37.6 Å².